The molecule has 1 aliphatic carbocycles. The van der Waals surface area contributed by atoms with Crippen LogP contribution < -0.4 is 11.2 Å². The minimum Gasteiger partial charge on any atom is -0.305 e. The SMILES string of the molecule is CN(C)Cc1ccccc1-c1cccc(-n2c(=O)n(C3CCC(CC(=O)[C@H]4CCCN4C)CC3)c(=O)c3cc(F)cnc32)c1. The Bertz CT molecular complexity index is 1800. The zero-order chi connectivity index (χ0) is 31.0. The van der Waals surface area contributed by atoms with E-state index in [1.165, 1.54) is 15.2 Å². The molecular weight excluding hydrogens is 557 g/mol. The largest absolute Gasteiger partial charge is 0.337 e. The molecule has 9 heteroatoms. The molecule has 1 saturated carbocycles. The lowest BCUT2D eigenvalue weighted by atomic mass is 9.82. The number of hydrogen-bond acceptors (Lipinski definition) is 6. The highest BCUT2D eigenvalue weighted by atomic mass is 19.1. The molecule has 0 amide bonds. The van der Waals surface area contributed by atoms with Crippen molar-refractivity contribution in [1.82, 2.24) is 23.9 Å². The minimum absolute atomic E-state index is 0.0102. The van der Waals surface area contributed by atoms with Gasteiger partial charge in [0, 0.05) is 19.0 Å². The number of ketones is 1. The molecular formula is C35H40FN5O3. The number of Topliss-reactive ketones (excluding diaryl/α,β-unsaturated/α-hetero) is 1. The van der Waals surface area contributed by atoms with Crippen LogP contribution in [0.4, 0.5) is 4.39 Å². The molecule has 230 valence electrons. The maximum Gasteiger partial charge on any atom is 0.337 e. The van der Waals surface area contributed by atoms with Crippen molar-refractivity contribution >= 4 is 16.8 Å². The Morgan fingerprint density at radius 3 is 2.50 bits per heavy atom. The van der Waals surface area contributed by atoms with Crippen molar-refractivity contribution in [1.29, 1.82) is 0 Å². The summed E-state index contributed by atoms with van der Waals surface area (Å²) in [5.74, 6) is -0.0896. The van der Waals surface area contributed by atoms with Gasteiger partial charge in [0.05, 0.1) is 23.3 Å². The number of nitrogens with zero attached hydrogens (tertiary/aromatic N) is 5. The Hall–Kier alpha value is -3.95. The normalized spacial score (nSPS) is 20.9. The Balaban J connectivity index is 1.36. The average Bonchev–Trinajstić information content (AvgIpc) is 3.44. The van der Waals surface area contributed by atoms with Gasteiger partial charge in [-0.05, 0) is 107 Å². The molecule has 0 bridgehead atoms. The first kappa shape index (κ1) is 30.1. The van der Waals surface area contributed by atoms with Crippen molar-refractivity contribution in [3.8, 4) is 16.8 Å². The van der Waals surface area contributed by atoms with Gasteiger partial charge in [-0.2, -0.15) is 0 Å². The zero-order valence-corrected chi connectivity index (χ0v) is 25.7. The minimum atomic E-state index is -0.628. The molecule has 0 N–H and O–H groups in total. The van der Waals surface area contributed by atoms with Crippen LogP contribution in [0.5, 0.6) is 0 Å². The Morgan fingerprint density at radius 2 is 1.77 bits per heavy atom. The van der Waals surface area contributed by atoms with Gasteiger partial charge in [0.1, 0.15) is 11.6 Å². The van der Waals surface area contributed by atoms with Gasteiger partial charge in [-0.3, -0.25) is 19.1 Å². The van der Waals surface area contributed by atoms with Crippen LogP contribution in [0.1, 0.15) is 56.6 Å². The smallest absolute Gasteiger partial charge is 0.305 e. The van der Waals surface area contributed by atoms with Crippen LogP contribution in [0.25, 0.3) is 27.8 Å². The molecule has 6 rings (SSSR count). The van der Waals surface area contributed by atoms with Crippen LogP contribution in [-0.2, 0) is 11.3 Å². The molecule has 8 nitrogen and oxygen atoms in total. The number of carbonyl (C=O) groups is 1. The molecule has 2 aliphatic rings. The molecule has 0 radical (unpaired) electrons. The number of likely N-dealkylation sites (N-methyl/N-ethyl adjacent to an activating group) is 1. The molecule has 2 aromatic carbocycles. The lowest BCUT2D eigenvalue weighted by molar-refractivity contribution is -0.124. The predicted octanol–water partition coefficient (Wildman–Crippen LogP) is 5.20. The van der Waals surface area contributed by atoms with Gasteiger partial charge in [-0.15, -0.1) is 0 Å². The first-order valence-electron chi connectivity index (χ1n) is 15.6. The second-order valence-electron chi connectivity index (χ2n) is 12.7. The van der Waals surface area contributed by atoms with E-state index in [1.807, 2.05) is 57.5 Å². The van der Waals surface area contributed by atoms with Crippen LogP contribution in [-0.4, -0.2) is 63.4 Å². The average molecular weight is 598 g/mol. The highest BCUT2D eigenvalue weighted by molar-refractivity contribution is 5.84. The Kier molecular flexibility index (Phi) is 8.60. The number of rotatable bonds is 8. The van der Waals surface area contributed by atoms with E-state index in [4.69, 9.17) is 0 Å². The third-order valence-electron chi connectivity index (χ3n) is 9.37. The summed E-state index contributed by atoms with van der Waals surface area (Å²) in [5, 5.41) is 0.0737. The number of halogens is 1. The maximum atomic E-state index is 14.5. The molecule has 2 fully saturated rings. The summed E-state index contributed by atoms with van der Waals surface area (Å²) in [7, 11) is 6.05. The summed E-state index contributed by atoms with van der Waals surface area (Å²) in [6.45, 7) is 1.71. The van der Waals surface area contributed by atoms with Gasteiger partial charge < -0.3 is 4.90 Å². The van der Waals surface area contributed by atoms with E-state index in [0.717, 1.165) is 61.7 Å². The van der Waals surface area contributed by atoms with Crippen LogP contribution in [0, 0.1) is 11.7 Å². The van der Waals surface area contributed by atoms with Crippen molar-refractivity contribution in [2.45, 2.75) is 63.6 Å². The second kappa shape index (κ2) is 12.6. The van der Waals surface area contributed by atoms with Crippen molar-refractivity contribution in [2.75, 3.05) is 27.7 Å². The van der Waals surface area contributed by atoms with Crippen molar-refractivity contribution in [3.05, 3.63) is 93.0 Å². The molecule has 0 unspecified atom stereocenters. The monoisotopic (exact) mass is 597 g/mol. The summed E-state index contributed by atoms with van der Waals surface area (Å²) in [6.07, 6.45) is 6.30. The molecule has 3 heterocycles. The van der Waals surface area contributed by atoms with E-state index in [9.17, 15) is 18.8 Å². The number of benzene rings is 2. The van der Waals surface area contributed by atoms with E-state index in [1.54, 1.807) is 0 Å². The van der Waals surface area contributed by atoms with E-state index >= 15 is 0 Å². The van der Waals surface area contributed by atoms with Crippen molar-refractivity contribution in [3.63, 3.8) is 0 Å². The zero-order valence-electron chi connectivity index (χ0n) is 25.7. The van der Waals surface area contributed by atoms with Gasteiger partial charge >= 0.3 is 5.69 Å². The van der Waals surface area contributed by atoms with Crippen LogP contribution in [0.3, 0.4) is 0 Å². The number of fused-ring (bicyclic) bond motifs is 1. The summed E-state index contributed by atoms with van der Waals surface area (Å²) < 4.78 is 17.2. The number of carbonyl (C=O) groups excluding carboxylic acids is 1. The maximum absolute atomic E-state index is 14.5. The fraction of sp³-hybridized carbons (Fsp3) is 0.429. The quantitative estimate of drug-likeness (QED) is 0.278. The number of likely N-dealkylation sites (tertiary alicyclic amines) is 1. The van der Waals surface area contributed by atoms with E-state index in [0.29, 0.717) is 30.7 Å². The van der Waals surface area contributed by atoms with Gasteiger partial charge in [-0.25, -0.2) is 18.7 Å². The number of hydrogen-bond donors (Lipinski definition) is 0. The van der Waals surface area contributed by atoms with E-state index in [-0.39, 0.29) is 29.0 Å². The summed E-state index contributed by atoms with van der Waals surface area (Å²) in [6, 6.07) is 16.6. The third-order valence-corrected chi connectivity index (χ3v) is 9.37. The van der Waals surface area contributed by atoms with Gasteiger partial charge in [0.2, 0.25) is 0 Å². The molecule has 4 aromatic rings. The molecule has 0 spiro atoms. The molecule has 1 atom stereocenters. The standard InChI is InChI=1S/C35H40FN5O3/c1-38(2)22-25-8-4-5-11-29(25)24-9-6-10-28(19-24)40-33-30(20-26(36)21-37-33)34(43)41(35(40)44)27-15-13-23(14-16-27)18-32(42)31-12-7-17-39(31)3/h4-6,8-11,19-21,23,27,31H,7,12-18,22H2,1-3H3/t23?,27?,31-/m1/s1. The van der Waals surface area contributed by atoms with Crippen molar-refractivity contribution < 1.29 is 9.18 Å². The number of aromatic nitrogens is 3. The third kappa shape index (κ3) is 5.90. The molecule has 1 saturated heterocycles. The van der Waals surface area contributed by atoms with E-state index < -0.39 is 17.1 Å². The summed E-state index contributed by atoms with van der Waals surface area (Å²) >= 11 is 0. The second-order valence-corrected chi connectivity index (χ2v) is 12.7. The highest BCUT2D eigenvalue weighted by Gasteiger charge is 2.32. The fourth-order valence-corrected chi connectivity index (χ4v) is 7.18. The van der Waals surface area contributed by atoms with Crippen LogP contribution >= 0.6 is 0 Å². The fourth-order valence-electron chi connectivity index (χ4n) is 7.18. The lowest BCUT2D eigenvalue weighted by Gasteiger charge is -2.30. The first-order valence-corrected chi connectivity index (χ1v) is 15.6. The van der Waals surface area contributed by atoms with Gasteiger partial charge in [-0.1, -0.05) is 36.4 Å². The molecule has 2 aromatic heterocycles. The van der Waals surface area contributed by atoms with E-state index in [2.05, 4.69) is 26.9 Å². The van der Waals surface area contributed by atoms with Crippen LogP contribution in [0.2, 0.25) is 0 Å². The Labute approximate surface area is 256 Å². The molecule has 44 heavy (non-hydrogen) atoms. The topological polar surface area (TPSA) is 80.4 Å². The number of pyridine rings is 1. The summed E-state index contributed by atoms with van der Waals surface area (Å²) in [5.41, 5.74) is 2.82. The van der Waals surface area contributed by atoms with Crippen molar-refractivity contribution in [2.24, 2.45) is 5.92 Å². The van der Waals surface area contributed by atoms with Gasteiger partial charge in [0.15, 0.2) is 5.65 Å². The summed E-state index contributed by atoms with van der Waals surface area (Å²) in [4.78, 5) is 49.5. The highest BCUT2D eigenvalue weighted by Crippen LogP contribution is 2.34. The van der Waals surface area contributed by atoms with Crippen LogP contribution in [0.15, 0.2) is 70.4 Å². The lowest BCUT2D eigenvalue weighted by Crippen LogP contribution is -2.43. The Morgan fingerprint density at radius 1 is 1.00 bits per heavy atom. The van der Waals surface area contributed by atoms with Gasteiger partial charge in [0.25, 0.3) is 5.56 Å². The molecule has 1 aliphatic heterocycles. The first-order chi connectivity index (χ1) is 21.2. The predicted molar refractivity (Wildman–Crippen MR) is 171 cm³/mol.